The van der Waals surface area contributed by atoms with Gasteiger partial charge in [0.25, 0.3) is 0 Å². The highest BCUT2D eigenvalue weighted by Gasteiger charge is 2.26. The molecule has 130 valence electrons. The van der Waals surface area contributed by atoms with Gasteiger partial charge in [-0.2, -0.15) is 4.31 Å². The molecule has 0 radical (unpaired) electrons. The number of piperidine rings is 1. The van der Waals surface area contributed by atoms with E-state index in [1.807, 2.05) is 41.9 Å². The Labute approximate surface area is 148 Å². The predicted molar refractivity (Wildman–Crippen MR) is 98.0 cm³/mol. The number of aryl methyl sites for hydroxylation is 1. The summed E-state index contributed by atoms with van der Waals surface area (Å²) in [6.07, 6.45) is 6.87. The molecule has 0 atom stereocenters. The van der Waals surface area contributed by atoms with Crippen LogP contribution < -0.4 is 0 Å². The van der Waals surface area contributed by atoms with E-state index < -0.39 is 10.0 Å². The van der Waals surface area contributed by atoms with Gasteiger partial charge in [-0.3, -0.25) is 0 Å². The van der Waals surface area contributed by atoms with Crippen molar-refractivity contribution in [3.63, 3.8) is 0 Å². The van der Waals surface area contributed by atoms with Crippen LogP contribution in [0.15, 0.2) is 53.7 Å². The molecule has 3 aromatic rings. The zero-order valence-electron chi connectivity index (χ0n) is 14.2. The zero-order chi connectivity index (χ0) is 17.4. The van der Waals surface area contributed by atoms with Gasteiger partial charge < -0.3 is 4.40 Å². The normalized spacial score (nSPS) is 16.4. The molecule has 1 aromatic carbocycles. The Hall–Kier alpha value is -2.18. The summed E-state index contributed by atoms with van der Waals surface area (Å²) in [7, 11) is -3.43. The third-order valence-corrected chi connectivity index (χ3v) is 6.59. The van der Waals surface area contributed by atoms with Gasteiger partial charge in [0.15, 0.2) is 0 Å². The summed E-state index contributed by atoms with van der Waals surface area (Å²) in [4.78, 5) is 4.98. The minimum Gasteiger partial charge on any atom is -0.306 e. The summed E-state index contributed by atoms with van der Waals surface area (Å²) >= 11 is 0. The van der Waals surface area contributed by atoms with Crippen molar-refractivity contribution in [2.75, 3.05) is 13.1 Å². The average Bonchev–Trinajstić information content (AvgIpc) is 3.06. The summed E-state index contributed by atoms with van der Waals surface area (Å²) < 4.78 is 29.3. The van der Waals surface area contributed by atoms with E-state index in [1.54, 1.807) is 22.5 Å². The van der Waals surface area contributed by atoms with Crippen LogP contribution in [0.1, 0.15) is 24.8 Å². The maximum absolute atomic E-state index is 12.9. The second-order valence-corrected chi connectivity index (χ2v) is 8.53. The molecule has 2 aromatic heterocycles. The maximum Gasteiger partial charge on any atom is 0.243 e. The molecule has 0 bridgehead atoms. The third-order valence-electron chi connectivity index (χ3n) is 4.70. The van der Waals surface area contributed by atoms with Crippen molar-refractivity contribution in [2.45, 2.75) is 31.1 Å². The molecule has 0 spiro atoms. The first kappa shape index (κ1) is 16.3. The molecule has 25 heavy (non-hydrogen) atoms. The molecule has 1 fully saturated rings. The average molecular weight is 355 g/mol. The first-order chi connectivity index (χ1) is 12.0. The maximum atomic E-state index is 12.9. The van der Waals surface area contributed by atoms with Crippen LogP contribution in [0.2, 0.25) is 0 Å². The van der Waals surface area contributed by atoms with Crippen LogP contribution in [0.3, 0.4) is 0 Å². The molecule has 0 saturated carbocycles. The summed E-state index contributed by atoms with van der Waals surface area (Å²) in [6, 6.07) is 11.1. The van der Waals surface area contributed by atoms with Gasteiger partial charge in [-0.05, 0) is 49.6 Å². The first-order valence-electron chi connectivity index (χ1n) is 8.60. The fraction of sp³-hybridized carbons (Fsp3) is 0.316. The molecule has 5 nitrogen and oxygen atoms in total. The lowest BCUT2D eigenvalue weighted by atomic mass is 10.2. The van der Waals surface area contributed by atoms with Crippen LogP contribution >= 0.6 is 0 Å². The predicted octanol–water partition coefficient (Wildman–Crippen LogP) is 3.48. The Morgan fingerprint density at radius 2 is 1.84 bits per heavy atom. The standard InChI is InChI=1S/C19H21N3O2S/c1-15-8-11-21-14-18(20-19(21)12-15)16-6-5-7-17(13-16)25(23,24)22-9-3-2-4-10-22/h5-8,11-14H,2-4,9-10H2,1H3. The van der Waals surface area contributed by atoms with Crippen molar-refractivity contribution >= 4 is 15.7 Å². The van der Waals surface area contributed by atoms with Crippen molar-refractivity contribution in [1.29, 1.82) is 0 Å². The number of rotatable bonds is 3. The van der Waals surface area contributed by atoms with Crippen LogP contribution in [0.25, 0.3) is 16.9 Å². The van der Waals surface area contributed by atoms with E-state index in [-0.39, 0.29) is 0 Å². The summed E-state index contributed by atoms with van der Waals surface area (Å²) in [5.41, 5.74) is 3.60. The van der Waals surface area contributed by atoms with Crippen molar-refractivity contribution < 1.29 is 8.42 Å². The molecule has 0 aliphatic carbocycles. The second-order valence-electron chi connectivity index (χ2n) is 6.59. The molecule has 0 unspecified atom stereocenters. The summed E-state index contributed by atoms with van der Waals surface area (Å²) in [6.45, 7) is 3.25. The SMILES string of the molecule is Cc1ccn2cc(-c3cccc(S(=O)(=O)N4CCCCC4)c3)nc2c1. The number of hydrogen-bond acceptors (Lipinski definition) is 3. The Morgan fingerprint density at radius 3 is 2.64 bits per heavy atom. The van der Waals surface area contributed by atoms with E-state index in [9.17, 15) is 8.42 Å². The molecule has 1 aliphatic rings. The number of fused-ring (bicyclic) bond motifs is 1. The monoisotopic (exact) mass is 355 g/mol. The topological polar surface area (TPSA) is 54.7 Å². The number of benzene rings is 1. The van der Waals surface area contributed by atoms with Gasteiger partial charge in [0, 0.05) is 31.0 Å². The molecule has 0 N–H and O–H groups in total. The molecule has 4 rings (SSSR count). The number of pyridine rings is 1. The molecule has 1 saturated heterocycles. The summed E-state index contributed by atoms with van der Waals surface area (Å²) in [5.74, 6) is 0. The Kier molecular flexibility index (Phi) is 4.09. The number of sulfonamides is 1. The highest BCUT2D eigenvalue weighted by molar-refractivity contribution is 7.89. The van der Waals surface area contributed by atoms with Gasteiger partial charge in [-0.1, -0.05) is 18.6 Å². The Morgan fingerprint density at radius 1 is 1.04 bits per heavy atom. The van der Waals surface area contributed by atoms with E-state index in [4.69, 9.17) is 0 Å². The molecule has 1 aliphatic heterocycles. The summed E-state index contributed by atoms with van der Waals surface area (Å²) in [5, 5.41) is 0. The van der Waals surface area contributed by atoms with Gasteiger partial charge in [0.2, 0.25) is 10.0 Å². The fourth-order valence-electron chi connectivity index (χ4n) is 3.29. The van der Waals surface area contributed by atoms with E-state index in [0.29, 0.717) is 18.0 Å². The van der Waals surface area contributed by atoms with Crippen molar-refractivity contribution in [1.82, 2.24) is 13.7 Å². The number of aromatic nitrogens is 2. The van der Waals surface area contributed by atoms with Crippen LogP contribution in [-0.2, 0) is 10.0 Å². The van der Waals surface area contributed by atoms with E-state index in [1.165, 1.54) is 0 Å². The molecular formula is C19H21N3O2S. The van der Waals surface area contributed by atoms with Crippen LogP contribution in [-0.4, -0.2) is 35.2 Å². The van der Waals surface area contributed by atoms with Gasteiger partial charge in [0.05, 0.1) is 10.6 Å². The van der Waals surface area contributed by atoms with Crippen LogP contribution in [0, 0.1) is 6.92 Å². The second kappa shape index (κ2) is 6.28. The molecular weight excluding hydrogens is 334 g/mol. The highest BCUT2D eigenvalue weighted by atomic mass is 32.2. The molecule has 0 amide bonds. The molecule has 6 heteroatoms. The third kappa shape index (κ3) is 3.07. The number of nitrogens with zero attached hydrogens (tertiary/aromatic N) is 3. The first-order valence-corrected chi connectivity index (χ1v) is 10.0. The van der Waals surface area contributed by atoms with Gasteiger partial charge in [0.1, 0.15) is 5.65 Å². The van der Waals surface area contributed by atoms with Gasteiger partial charge >= 0.3 is 0 Å². The Balaban J connectivity index is 1.73. The van der Waals surface area contributed by atoms with Crippen molar-refractivity contribution in [3.8, 4) is 11.3 Å². The lowest BCUT2D eigenvalue weighted by molar-refractivity contribution is 0.346. The quantitative estimate of drug-likeness (QED) is 0.723. The lowest BCUT2D eigenvalue weighted by Gasteiger charge is -2.26. The Bertz CT molecular complexity index is 1020. The van der Waals surface area contributed by atoms with E-state index in [0.717, 1.165) is 41.7 Å². The van der Waals surface area contributed by atoms with E-state index in [2.05, 4.69) is 4.98 Å². The smallest absolute Gasteiger partial charge is 0.243 e. The lowest BCUT2D eigenvalue weighted by Crippen LogP contribution is -2.35. The minimum atomic E-state index is -3.43. The minimum absolute atomic E-state index is 0.347. The van der Waals surface area contributed by atoms with Gasteiger partial charge in [-0.25, -0.2) is 13.4 Å². The van der Waals surface area contributed by atoms with E-state index >= 15 is 0 Å². The fourth-order valence-corrected chi connectivity index (χ4v) is 4.86. The van der Waals surface area contributed by atoms with Crippen molar-refractivity contribution in [2.24, 2.45) is 0 Å². The van der Waals surface area contributed by atoms with Crippen LogP contribution in [0.5, 0.6) is 0 Å². The largest absolute Gasteiger partial charge is 0.306 e. The zero-order valence-corrected chi connectivity index (χ0v) is 15.0. The van der Waals surface area contributed by atoms with Crippen LogP contribution in [0.4, 0.5) is 0 Å². The number of imidazole rings is 1. The van der Waals surface area contributed by atoms with Gasteiger partial charge in [-0.15, -0.1) is 0 Å². The van der Waals surface area contributed by atoms with Crippen molar-refractivity contribution in [3.05, 3.63) is 54.4 Å². The highest BCUT2D eigenvalue weighted by Crippen LogP contribution is 2.26. The number of hydrogen-bond donors (Lipinski definition) is 0. The molecule has 3 heterocycles.